The predicted molar refractivity (Wildman–Crippen MR) is 123 cm³/mol. The molecule has 0 bridgehead atoms. The molecule has 31 heavy (non-hydrogen) atoms. The number of hydrogen-bond donors (Lipinski definition) is 2. The van der Waals surface area contributed by atoms with Crippen LogP contribution >= 0.6 is 0 Å². The minimum absolute atomic E-state index is 0.00769. The molecule has 5 rings (SSSR count). The number of para-hydroxylation sites is 2. The van der Waals surface area contributed by atoms with E-state index in [1.165, 1.54) is 11.1 Å². The average molecular weight is 419 g/mol. The Balaban J connectivity index is 1.13. The SMILES string of the molecule is O=C(NCC1CCCC(NC(=O)N2CCc3ccccc32)C1)N1CCc2ccccc21. The number of benzene rings is 2. The van der Waals surface area contributed by atoms with Crippen LogP contribution in [0.3, 0.4) is 0 Å². The summed E-state index contributed by atoms with van der Waals surface area (Å²) in [6.07, 6.45) is 5.93. The van der Waals surface area contributed by atoms with Crippen molar-refractivity contribution in [2.75, 3.05) is 29.4 Å². The number of carbonyl (C=O) groups excluding carboxylic acids is 2. The van der Waals surface area contributed by atoms with Crippen LogP contribution in [0.15, 0.2) is 48.5 Å². The molecule has 2 unspecified atom stereocenters. The highest BCUT2D eigenvalue weighted by molar-refractivity contribution is 5.95. The van der Waals surface area contributed by atoms with Gasteiger partial charge in [0.1, 0.15) is 0 Å². The number of urea groups is 2. The number of rotatable bonds is 3. The first-order valence-corrected chi connectivity index (χ1v) is 11.5. The highest BCUT2D eigenvalue weighted by atomic mass is 16.2. The molecule has 2 heterocycles. The van der Waals surface area contributed by atoms with Crippen LogP contribution in [0.4, 0.5) is 21.0 Å². The normalized spacial score (nSPS) is 22.1. The van der Waals surface area contributed by atoms with E-state index in [2.05, 4.69) is 22.8 Å². The molecule has 0 saturated heterocycles. The third kappa shape index (κ3) is 4.11. The Morgan fingerprint density at radius 1 is 0.839 bits per heavy atom. The first-order valence-electron chi connectivity index (χ1n) is 11.5. The minimum Gasteiger partial charge on any atom is -0.337 e. The molecule has 1 fully saturated rings. The second kappa shape index (κ2) is 8.61. The predicted octanol–water partition coefficient (Wildman–Crippen LogP) is 4.09. The van der Waals surface area contributed by atoms with Crippen LogP contribution < -0.4 is 20.4 Å². The summed E-state index contributed by atoms with van der Waals surface area (Å²) in [6, 6.07) is 16.4. The summed E-state index contributed by atoms with van der Waals surface area (Å²) in [4.78, 5) is 29.3. The van der Waals surface area contributed by atoms with Crippen molar-refractivity contribution in [3.05, 3.63) is 59.7 Å². The van der Waals surface area contributed by atoms with Crippen LogP contribution in [0, 0.1) is 5.92 Å². The third-order valence-electron chi connectivity index (χ3n) is 6.92. The molecule has 2 aliphatic heterocycles. The molecule has 0 aromatic heterocycles. The zero-order valence-electron chi connectivity index (χ0n) is 17.8. The molecular formula is C25H30N4O2. The lowest BCUT2D eigenvalue weighted by Gasteiger charge is -2.31. The Kier molecular flexibility index (Phi) is 5.53. The van der Waals surface area contributed by atoms with Crippen molar-refractivity contribution in [3.8, 4) is 0 Å². The van der Waals surface area contributed by atoms with Gasteiger partial charge < -0.3 is 10.6 Å². The van der Waals surface area contributed by atoms with Gasteiger partial charge in [-0.25, -0.2) is 9.59 Å². The van der Waals surface area contributed by atoms with Crippen molar-refractivity contribution in [1.29, 1.82) is 0 Å². The molecule has 2 aromatic carbocycles. The zero-order chi connectivity index (χ0) is 21.2. The molecule has 2 aromatic rings. The topological polar surface area (TPSA) is 64.7 Å². The molecule has 4 amide bonds. The molecule has 2 atom stereocenters. The lowest BCUT2D eigenvalue weighted by molar-refractivity contribution is 0.226. The third-order valence-corrected chi connectivity index (χ3v) is 6.92. The number of carbonyl (C=O) groups is 2. The summed E-state index contributed by atoms with van der Waals surface area (Å²) >= 11 is 0. The van der Waals surface area contributed by atoms with Gasteiger partial charge >= 0.3 is 12.1 Å². The number of amides is 4. The maximum atomic E-state index is 12.9. The first kappa shape index (κ1) is 19.9. The fraction of sp³-hybridized carbons (Fsp3) is 0.440. The monoisotopic (exact) mass is 418 g/mol. The van der Waals surface area contributed by atoms with Crippen LogP contribution in [0.25, 0.3) is 0 Å². The minimum atomic E-state index is -0.00946. The van der Waals surface area contributed by atoms with Crippen molar-refractivity contribution in [3.63, 3.8) is 0 Å². The Morgan fingerprint density at radius 3 is 2.13 bits per heavy atom. The van der Waals surface area contributed by atoms with E-state index >= 15 is 0 Å². The van der Waals surface area contributed by atoms with Crippen molar-refractivity contribution in [2.24, 2.45) is 5.92 Å². The molecule has 6 heteroatoms. The van der Waals surface area contributed by atoms with Crippen LogP contribution in [-0.4, -0.2) is 37.7 Å². The van der Waals surface area contributed by atoms with Crippen molar-refractivity contribution < 1.29 is 9.59 Å². The highest BCUT2D eigenvalue weighted by Crippen LogP contribution is 2.30. The second-order valence-electron chi connectivity index (χ2n) is 8.93. The van der Waals surface area contributed by atoms with Gasteiger partial charge in [0.2, 0.25) is 0 Å². The van der Waals surface area contributed by atoms with Gasteiger partial charge in [-0.05, 0) is 61.3 Å². The average Bonchev–Trinajstić information content (AvgIpc) is 3.42. The van der Waals surface area contributed by atoms with Crippen LogP contribution in [0.5, 0.6) is 0 Å². The zero-order valence-corrected chi connectivity index (χ0v) is 17.8. The van der Waals surface area contributed by atoms with Crippen molar-refractivity contribution in [1.82, 2.24) is 10.6 Å². The fourth-order valence-electron chi connectivity index (χ4n) is 5.29. The Hall–Kier alpha value is -3.02. The number of hydrogen-bond acceptors (Lipinski definition) is 2. The Labute approximate surface area is 183 Å². The van der Waals surface area contributed by atoms with Crippen molar-refractivity contribution >= 4 is 23.4 Å². The second-order valence-corrected chi connectivity index (χ2v) is 8.93. The standard InChI is InChI=1S/C25H30N4O2/c30-24(28-14-12-19-7-1-3-10-22(19)28)26-17-18-6-5-9-21(16-18)27-25(31)29-15-13-20-8-2-4-11-23(20)29/h1-4,7-8,10-11,18,21H,5-6,9,12-17H2,(H,26,30)(H,27,31). The number of anilines is 2. The lowest BCUT2D eigenvalue weighted by atomic mass is 9.85. The molecule has 0 spiro atoms. The smallest absolute Gasteiger partial charge is 0.322 e. The summed E-state index contributed by atoms with van der Waals surface area (Å²) < 4.78 is 0. The Bertz CT molecular complexity index is 975. The quantitative estimate of drug-likeness (QED) is 0.789. The number of nitrogens with zero attached hydrogens (tertiary/aromatic N) is 2. The molecular weight excluding hydrogens is 388 g/mol. The number of nitrogens with one attached hydrogen (secondary N) is 2. The highest BCUT2D eigenvalue weighted by Gasteiger charge is 2.29. The lowest BCUT2D eigenvalue weighted by Crippen LogP contribution is -2.47. The summed E-state index contributed by atoms with van der Waals surface area (Å²) in [7, 11) is 0. The molecule has 2 N–H and O–H groups in total. The van der Waals surface area contributed by atoms with Gasteiger partial charge in [0, 0.05) is 37.1 Å². The van der Waals surface area contributed by atoms with Gasteiger partial charge in [-0.1, -0.05) is 42.8 Å². The van der Waals surface area contributed by atoms with E-state index in [1.54, 1.807) is 0 Å². The molecule has 1 saturated carbocycles. The molecule has 0 radical (unpaired) electrons. The summed E-state index contributed by atoms with van der Waals surface area (Å²) in [5, 5.41) is 6.39. The van der Waals surface area contributed by atoms with Crippen LogP contribution in [-0.2, 0) is 12.8 Å². The van der Waals surface area contributed by atoms with Gasteiger partial charge in [0.25, 0.3) is 0 Å². The van der Waals surface area contributed by atoms with Crippen LogP contribution in [0.1, 0.15) is 36.8 Å². The van der Waals surface area contributed by atoms with E-state index in [4.69, 9.17) is 0 Å². The van der Waals surface area contributed by atoms with Gasteiger partial charge in [-0.3, -0.25) is 9.80 Å². The van der Waals surface area contributed by atoms with Gasteiger partial charge in [-0.2, -0.15) is 0 Å². The number of fused-ring (bicyclic) bond motifs is 2. The largest absolute Gasteiger partial charge is 0.337 e. The van der Waals surface area contributed by atoms with Gasteiger partial charge in [-0.15, -0.1) is 0 Å². The molecule has 162 valence electrons. The van der Waals surface area contributed by atoms with Gasteiger partial charge in [0.05, 0.1) is 0 Å². The Morgan fingerprint density at radius 2 is 1.45 bits per heavy atom. The van der Waals surface area contributed by atoms with E-state index in [9.17, 15) is 9.59 Å². The maximum Gasteiger partial charge on any atom is 0.322 e. The summed E-state index contributed by atoms with van der Waals surface area (Å²) in [6.45, 7) is 2.15. The molecule has 6 nitrogen and oxygen atoms in total. The fourth-order valence-corrected chi connectivity index (χ4v) is 5.29. The van der Waals surface area contributed by atoms with E-state index in [1.807, 2.05) is 46.2 Å². The summed E-state index contributed by atoms with van der Waals surface area (Å²) in [5.74, 6) is 0.395. The van der Waals surface area contributed by atoms with Crippen LogP contribution in [0.2, 0.25) is 0 Å². The maximum absolute atomic E-state index is 12.9. The van der Waals surface area contributed by atoms with E-state index < -0.39 is 0 Å². The van der Waals surface area contributed by atoms with Gasteiger partial charge in [0.15, 0.2) is 0 Å². The molecule has 3 aliphatic rings. The van der Waals surface area contributed by atoms with E-state index in [-0.39, 0.29) is 18.1 Å². The summed E-state index contributed by atoms with van der Waals surface area (Å²) in [5.41, 5.74) is 4.54. The van der Waals surface area contributed by atoms with Crippen molar-refractivity contribution in [2.45, 2.75) is 44.6 Å². The van der Waals surface area contributed by atoms with E-state index in [0.717, 1.165) is 63.0 Å². The molecule has 1 aliphatic carbocycles. The first-order chi connectivity index (χ1) is 15.2. The van der Waals surface area contributed by atoms with E-state index in [0.29, 0.717) is 12.5 Å².